The zero-order valence-corrected chi connectivity index (χ0v) is 22.5. The summed E-state index contributed by atoms with van der Waals surface area (Å²) in [5.41, 5.74) is -0.434. The van der Waals surface area contributed by atoms with Gasteiger partial charge in [0.05, 0.1) is 24.6 Å². The maximum Gasteiger partial charge on any atom is 0.471 e. The van der Waals surface area contributed by atoms with Crippen LogP contribution in [0.15, 0.2) is 18.5 Å². The molecule has 212 valence electrons. The summed E-state index contributed by atoms with van der Waals surface area (Å²) in [6, 6.07) is 2.12. The van der Waals surface area contributed by atoms with Gasteiger partial charge in [-0.15, -0.1) is 0 Å². The molecule has 14 heteroatoms. The summed E-state index contributed by atoms with van der Waals surface area (Å²) in [5, 5.41) is 0.678. The van der Waals surface area contributed by atoms with Gasteiger partial charge in [-0.25, -0.2) is 19.7 Å². The second-order valence-corrected chi connectivity index (χ2v) is 10.7. The van der Waals surface area contributed by atoms with Crippen LogP contribution in [0.25, 0.3) is 10.9 Å². The second kappa shape index (κ2) is 10.7. The highest BCUT2D eigenvalue weighted by Gasteiger charge is 2.52. The molecule has 1 aromatic carbocycles. The van der Waals surface area contributed by atoms with Gasteiger partial charge >= 0.3 is 18.2 Å². The van der Waals surface area contributed by atoms with E-state index in [1.807, 2.05) is 0 Å². The van der Waals surface area contributed by atoms with Gasteiger partial charge in [-0.2, -0.15) is 13.2 Å². The maximum absolute atomic E-state index is 13.6. The number of aromatic nitrogens is 2. The van der Waals surface area contributed by atoms with Gasteiger partial charge in [0, 0.05) is 30.6 Å². The van der Waals surface area contributed by atoms with E-state index in [4.69, 9.17) is 25.8 Å². The number of imide groups is 1. The van der Waals surface area contributed by atoms with E-state index in [0.29, 0.717) is 21.6 Å². The molecule has 3 atom stereocenters. The first-order valence-electron chi connectivity index (χ1n) is 12.3. The third kappa shape index (κ3) is 6.13. The van der Waals surface area contributed by atoms with E-state index in [0.717, 1.165) is 4.90 Å². The molecule has 10 nitrogen and oxygen atoms in total. The molecule has 1 aliphatic heterocycles. The Kier molecular flexibility index (Phi) is 7.84. The van der Waals surface area contributed by atoms with Crippen molar-refractivity contribution >= 4 is 40.4 Å². The van der Waals surface area contributed by atoms with Crippen LogP contribution in [0.3, 0.4) is 0 Å². The van der Waals surface area contributed by atoms with Gasteiger partial charge in [0.2, 0.25) is 5.91 Å². The molecule has 4 rings (SSSR count). The number of carbonyl (C=O) groups excluding carboxylic acids is 3. The molecule has 1 saturated carbocycles. The maximum atomic E-state index is 13.6. The Balaban J connectivity index is 1.65. The lowest BCUT2D eigenvalue weighted by Crippen LogP contribution is -2.53. The highest BCUT2D eigenvalue weighted by molar-refractivity contribution is 6.34. The molecule has 0 bridgehead atoms. The number of hydrogen-bond donors (Lipinski definition) is 0. The lowest BCUT2D eigenvalue weighted by molar-refractivity contribution is -0.189. The van der Waals surface area contributed by atoms with Gasteiger partial charge in [0.15, 0.2) is 11.5 Å². The number of nitrogens with zero attached hydrogens (tertiary/aromatic N) is 4. The van der Waals surface area contributed by atoms with E-state index in [-0.39, 0.29) is 30.2 Å². The van der Waals surface area contributed by atoms with Crippen LogP contribution in [-0.2, 0) is 14.3 Å². The van der Waals surface area contributed by atoms with E-state index in [2.05, 4.69) is 9.97 Å². The van der Waals surface area contributed by atoms with Gasteiger partial charge in [-0.05, 0) is 46.1 Å². The number of amides is 3. The minimum absolute atomic E-state index is 0.0464. The molecule has 3 unspecified atom stereocenters. The Bertz CT molecular complexity index is 1280. The molecule has 0 N–H and O–H groups in total. The first-order valence-corrected chi connectivity index (χ1v) is 12.6. The number of fused-ring (bicyclic) bond motifs is 2. The number of benzene rings is 1. The van der Waals surface area contributed by atoms with Crippen molar-refractivity contribution in [3.8, 4) is 11.5 Å². The zero-order valence-electron chi connectivity index (χ0n) is 21.7. The molecule has 2 fully saturated rings. The molecule has 0 radical (unpaired) electrons. The molecule has 1 saturated heterocycles. The van der Waals surface area contributed by atoms with Crippen molar-refractivity contribution in [3.05, 3.63) is 23.6 Å². The third-order valence-electron chi connectivity index (χ3n) is 6.60. The molecule has 1 aliphatic carbocycles. The predicted octanol–water partition coefficient (Wildman–Crippen LogP) is 4.38. The van der Waals surface area contributed by atoms with Gasteiger partial charge in [0.25, 0.3) is 0 Å². The number of hydrogen-bond acceptors (Lipinski definition) is 8. The normalized spacial score (nSPS) is 22.3. The van der Waals surface area contributed by atoms with Gasteiger partial charge in [-0.3, -0.25) is 9.59 Å². The molecule has 2 aliphatic rings. The van der Waals surface area contributed by atoms with Crippen molar-refractivity contribution < 1.29 is 41.8 Å². The number of rotatable bonds is 3. The van der Waals surface area contributed by atoms with Crippen LogP contribution < -0.4 is 9.47 Å². The summed E-state index contributed by atoms with van der Waals surface area (Å²) in [6.07, 6.45) is -5.23. The van der Waals surface area contributed by atoms with E-state index in [9.17, 15) is 27.6 Å². The van der Waals surface area contributed by atoms with Crippen LogP contribution >= 0.6 is 11.6 Å². The third-order valence-corrected chi connectivity index (χ3v) is 6.90. The summed E-state index contributed by atoms with van der Waals surface area (Å²) in [5.74, 6) is -3.30. The highest BCUT2D eigenvalue weighted by Crippen LogP contribution is 2.39. The fraction of sp³-hybridized carbons (Fsp3) is 0.560. The van der Waals surface area contributed by atoms with E-state index < -0.39 is 60.8 Å². The number of methoxy groups -OCH3 is 1. The van der Waals surface area contributed by atoms with Crippen molar-refractivity contribution in [1.29, 1.82) is 0 Å². The van der Waals surface area contributed by atoms with Crippen LogP contribution in [-0.4, -0.2) is 81.8 Å². The average molecular weight is 573 g/mol. The Morgan fingerprint density at radius 2 is 1.79 bits per heavy atom. The summed E-state index contributed by atoms with van der Waals surface area (Å²) in [4.78, 5) is 48.3. The Hall–Kier alpha value is -3.35. The monoisotopic (exact) mass is 572 g/mol. The van der Waals surface area contributed by atoms with Crippen molar-refractivity contribution in [3.63, 3.8) is 0 Å². The highest BCUT2D eigenvalue weighted by atomic mass is 35.5. The standard InChI is InChI=1S/C25H28ClF3N4O6/c1-24(2,3)39-23(36)33-8-7-32(22(35)25(27,28)29)17-6-5-13(9-15(17)21(33)34)38-19-10-14-16(11-18(19)37-4)30-12-31-20(14)26/h10-13,15,17H,5-9H2,1-4H3. The van der Waals surface area contributed by atoms with Gasteiger partial charge in [0.1, 0.15) is 17.1 Å². The van der Waals surface area contributed by atoms with Gasteiger partial charge < -0.3 is 19.1 Å². The van der Waals surface area contributed by atoms with E-state index >= 15 is 0 Å². The van der Waals surface area contributed by atoms with Gasteiger partial charge in [-0.1, -0.05) is 11.6 Å². The predicted molar refractivity (Wildman–Crippen MR) is 132 cm³/mol. The number of carbonyl (C=O) groups is 3. The summed E-state index contributed by atoms with van der Waals surface area (Å²) < 4.78 is 57.3. The molecular formula is C25H28ClF3N4O6. The Morgan fingerprint density at radius 3 is 2.44 bits per heavy atom. The quantitative estimate of drug-likeness (QED) is 0.498. The van der Waals surface area contributed by atoms with E-state index in [1.165, 1.54) is 13.4 Å². The van der Waals surface area contributed by atoms with Crippen LogP contribution in [0.4, 0.5) is 18.0 Å². The molecule has 39 heavy (non-hydrogen) atoms. The van der Waals surface area contributed by atoms with Crippen LogP contribution in [0.5, 0.6) is 11.5 Å². The number of ether oxygens (including phenoxy) is 3. The summed E-state index contributed by atoms with van der Waals surface area (Å²) in [7, 11) is 1.43. The van der Waals surface area contributed by atoms with Crippen molar-refractivity contribution in [2.75, 3.05) is 20.2 Å². The molecule has 1 aromatic heterocycles. The Labute approximate surface area is 227 Å². The van der Waals surface area contributed by atoms with Crippen LogP contribution in [0.1, 0.15) is 40.0 Å². The minimum atomic E-state index is -5.14. The summed E-state index contributed by atoms with van der Waals surface area (Å²) >= 11 is 6.20. The summed E-state index contributed by atoms with van der Waals surface area (Å²) in [6.45, 7) is 3.93. The number of halogens is 4. The lowest BCUT2D eigenvalue weighted by atomic mass is 9.81. The molecule has 3 amide bonds. The molecule has 0 spiro atoms. The number of alkyl halides is 3. The van der Waals surface area contributed by atoms with Crippen LogP contribution in [0, 0.1) is 5.92 Å². The SMILES string of the molecule is COc1cc2ncnc(Cl)c2cc1OC1CCC2C(C1)C(=O)N(C(=O)OC(C)(C)C)CCN2C(=O)C(F)(F)F. The fourth-order valence-electron chi connectivity index (χ4n) is 4.92. The van der Waals surface area contributed by atoms with Crippen molar-refractivity contribution in [2.45, 2.75) is 64.0 Å². The van der Waals surface area contributed by atoms with Crippen LogP contribution in [0.2, 0.25) is 5.15 Å². The average Bonchev–Trinajstić information content (AvgIpc) is 2.98. The molecule has 2 heterocycles. The molecule has 2 aromatic rings. The first-order chi connectivity index (χ1) is 18.2. The topological polar surface area (TPSA) is 111 Å². The largest absolute Gasteiger partial charge is 0.493 e. The molecular weight excluding hydrogens is 545 g/mol. The lowest BCUT2D eigenvalue weighted by Gasteiger charge is -2.40. The van der Waals surface area contributed by atoms with E-state index in [1.54, 1.807) is 32.9 Å². The fourth-order valence-corrected chi connectivity index (χ4v) is 5.12. The first kappa shape index (κ1) is 28.7. The van der Waals surface area contributed by atoms with Crippen molar-refractivity contribution in [1.82, 2.24) is 19.8 Å². The Morgan fingerprint density at radius 1 is 1.08 bits per heavy atom. The zero-order chi connectivity index (χ0) is 28.7. The van der Waals surface area contributed by atoms with Crippen molar-refractivity contribution in [2.24, 2.45) is 5.92 Å². The minimum Gasteiger partial charge on any atom is -0.493 e. The second-order valence-electron chi connectivity index (χ2n) is 10.4. The smallest absolute Gasteiger partial charge is 0.471 e.